The van der Waals surface area contributed by atoms with Gasteiger partial charge in [-0.15, -0.1) is 11.6 Å². The van der Waals surface area contributed by atoms with Gasteiger partial charge in [0.05, 0.1) is 11.8 Å². The van der Waals surface area contributed by atoms with Gasteiger partial charge >= 0.3 is 0 Å². The Balaban J connectivity index is 4.57. The maximum Gasteiger partial charge on any atom is 0.0752 e. The quantitative estimate of drug-likeness (QED) is 0.407. The minimum absolute atomic E-state index is 0.411. The molecule has 0 saturated carbocycles. The van der Waals surface area contributed by atoms with Gasteiger partial charge in [-0.05, 0) is 18.9 Å². The maximum absolute atomic E-state index is 5.84. The molecule has 74 valence electrons. The topological polar surface area (TPSA) is 0 Å². The van der Waals surface area contributed by atoms with Crippen LogP contribution < -0.4 is 0 Å². The summed E-state index contributed by atoms with van der Waals surface area (Å²) in [5.74, 6) is 0.784. The summed E-state index contributed by atoms with van der Waals surface area (Å²) in [7, 11) is -1.12. The fourth-order valence-electron chi connectivity index (χ4n) is 1.40. The molecule has 4 heteroatoms. The van der Waals surface area contributed by atoms with E-state index in [0.29, 0.717) is 3.70 Å². The molecule has 0 nitrogen and oxygen atoms in total. The average Bonchev–Trinajstić information content (AvgIpc) is 1.98. The number of rotatable bonds is 5. The van der Waals surface area contributed by atoms with Crippen molar-refractivity contribution in [1.82, 2.24) is 0 Å². The van der Waals surface area contributed by atoms with E-state index in [-0.39, 0.29) is 0 Å². The molecule has 0 aliphatic heterocycles. The first kappa shape index (κ1) is 13.2. The number of hydrogen-bond donors (Lipinski definition) is 0. The van der Waals surface area contributed by atoms with E-state index >= 15 is 0 Å². The molecular formula is C8H19ClS2Si. The van der Waals surface area contributed by atoms with Gasteiger partial charge in [0, 0.05) is 5.88 Å². The largest absolute Gasteiger partial charge is 0.151 e. The summed E-state index contributed by atoms with van der Waals surface area (Å²) in [6.45, 7) is 7.27. The van der Waals surface area contributed by atoms with Gasteiger partial charge in [0.1, 0.15) is 0 Å². The van der Waals surface area contributed by atoms with E-state index in [1.807, 2.05) is 23.5 Å². The molecule has 0 spiro atoms. The van der Waals surface area contributed by atoms with Gasteiger partial charge < -0.3 is 0 Å². The first-order chi connectivity index (χ1) is 5.43. The Kier molecular flexibility index (Phi) is 5.70. The van der Waals surface area contributed by atoms with Gasteiger partial charge in [-0.3, -0.25) is 0 Å². The van der Waals surface area contributed by atoms with Gasteiger partial charge in [0.2, 0.25) is 0 Å². The SMILES string of the molecule is CSC(CCCl)(SC)[Si](C)(C)C. The molecule has 0 aliphatic carbocycles. The van der Waals surface area contributed by atoms with Gasteiger partial charge in [0.15, 0.2) is 0 Å². The molecule has 0 aromatic rings. The number of halogens is 1. The highest BCUT2D eigenvalue weighted by Gasteiger charge is 2.41. The molecule has 0 bridgehead atoms. The predicted octanol–water partition coefficient (Wildman–Crippen LogP) is 3.92. The van der Waals surface area contributed by atoms with Crippen molar-refractivity contribution in [3.05, 3.63) is 0 Å². The van der Waals surface area contributed by atoms with E-state index in [0.717, 1.165) is 12.3 Å². The lowest BCUT2D eigenvalue weighted by atomic mass is 10.5. The second-order valence-corrected chi connectivity index (χ2v) is 12.8. The third-order valence-corrected chi connectivity index (χ3v) is 12.6. The van der Waals surface area contributed by atoms with E-state index in [9.17, 15) is 0 Å². The second kappa shape index (κ2) is 5.18. The van der Waals surface area contributed by atoms with Crippen LogP contribution in [0.3, 0.4) is 0 Å². The lowest BCUT2D eigenvalue weighted by Crippen LogP contribution is -2.46. The summed E-state index contributed by atoms with van der Waals surface area (Å²) in [5.41, 5.74) is 0. The van der Waals surface area contributed by atoms with Crippen LogP contribution in [-0.4, -0.2) is 30.2 Å². The van der Waals surface area contributed by atoms with E-state index < -0.39 is 8.07 Å². The van der Waals surface area contributed by atoms with Crippen molar-refractivity contribution in [2.75, 3.05) is 18.4 Å². The van der Waals surface area contributed by atoms with Crippen molar-refractivity contribution < 1.29 is 0 Å². The molecule has 0 radical (unpaired) electrons. The molecule has 0 aliphatic rings. The van der Waals surface area contributed by atoms with Crippen LogP contribution >= 0.6 is 35.1 Å². The van der Waals surface area contributed by atoms with Gasteiger partial charge in [-0.2, -0.15) is 23.5 Å². The number of alkyl halides is 1. The van der Waals surface area contributed by atoms with Crippen LogP contribution in [0.1, 0.15) is 6.42 Å². The summed E-state index contributed by atoms with van der Waals surface area (Å²) in [6.07, 6.45) is 5.55. The van der Waals surface area contributed by atoms with E-state index in [4.69, 9.17) is 11.6 Å². The van der Waals surface area contributed by atoms with Crippen molar-refractivity contribution in [3.63, 3.8) is 0 Å². The lowest BCUT2D eigenvalue weighted by molar-refractivity contribution is 0.968. The van der Waals surface area contributed by atoms with Crippen LogP contribution in [0.15, 0.2) is 0 Å². The minimum atomic E-state index is -1.12. The summed E-state index contributed by atoms with van der Waals surface area (Å²) in [4.78, 5) is 0. The fraction of sp³-hybridized carbons (Fsp3) is 1.00. The summed E-state index contributed by atoms with van der Waals surface area (Å²) < 4.78 is 0.411. The van der Waals surface area contributed by atoms with Crippen molar-refractivity contribution in [3.8, 4) is 0 Å². The highest BCUT2D eigenvalue weighted by Crippen LogP contribution is 2.45. The molecule has 0 amide bonds. The number of thioether (sulfide) groups is 2. The van der Waals surface area contributed by atoms with E-state index in [1.165, 1.54) is 0 Å². The minimum Gasteiger partial charge on any atom is -0.151 e. The third kappa shape index (κ3) is 2.86. The molecule has 0 heterocycles. The highest BCUT2D eigenvalue weighted by molar-refractivity contribution is 8.20. The zero-order chi connectivity index (χ0) is 9.83. The molecule has 0 aromatic carbocycles. The maximum atomic E-state index is 5.84. The van der Waals surface area contributed by atoms with Crippen LogP contribution in [0.25, 0.3) is 0 Å². The number of hydrogen-bond acceptors (Lipinski definition) is 2. The Labute approximate surface area is 91.2 Å². The Morgan fingerprint density at radius 3 is 1.67 bits per heavy atom. The summed E-state index contributed by atoms with van der Waals surface area (Å²) in [6, 6.07) is 0. The van der Waals surface area contributed by atoms with Crippen LogP contribution in [0.4, 0.5) is 0 Å². The molecule has 0 N–H and O–H groups in total. The van der Waals surface area contributed by atoms with Gasteiger partial charge in [-0.25, -0.2) is 0 Å². The Hall–Kier alpha value is 1.21. The van der Waals surface area contributed by atoms with E-state index in [2.05, 4.69) is 32.2 Å². The molecule has 0 rings (SSSR count). The van der Waals surface area contributed by atoms with Gasteiger partial charge in [-0.1, -0.05) is 19.6 Å². The average molecular weight is 243 g/mol. The second-order valence-electron chi connectivity index (χ2n) is 3.85. The molecule has 0 unspecified atom stereocenters. The van der Waals surface area contributed by atoms with Crippen LogP contribution in [-0.2, 0) is 0 Å². The first-order valence-electron chi connectivity index (χ1n) is 4.10. The standard InChI is InChI=1S/C8H19ClS2Si/c1-10-8(11-2,6-7-9)12(3,4)5/h6-7H2,1-5H3. The Bertz CT molecular complexity index is 130. The zero-order valence-electron chi connectivity index (χ0n) is 8.61. The Morgan fingerprint density at radius 1 is 1.17 bits per heavy atom. The van der Waals surface area contributed by atoms with Crippen LogP contribution in [0, 0.1) is 0 Å². The van der Waals surface area contributed by atoms with Crippen molar-refractivity contribution in [1.29, 1.82) is 0 Å². The summed E-state index contributed by atoms with van der Waals surface area (Å²) in [5, 5.41) is 0. The summed E-state index contributed by atoms with van der Waals surface area (Å²) >= 11 is 9.82. The fourth-order valence-corrected chi connectivity index (χ4v) is 9.12. The highest BCUT2D eigenvalue weighted by atomic mass is 35.5. The van der Waals surface area contributed by atoms with Crippen LogP contribution in [0.5, 0.6) is 0 Å². The zero-order valence-corrected chi connectivity index (χ0v) is 12.0. The molecular weight excluding hydrogens is 224 g/mol. The monoisotopic (exact) mass is 242 g/mol. The van der Waals surface area contributed by atoms with Crippen molar-refractivity contribution >= 4 is 43.2 Å². The van der Waals surface area contributed by atoms with Crippen molar-refractivity contribution in [2.24, 2.45) is 0 Å². The molecule has 0 atom stereocenters. The van der Waals surface area contributed by atoms with Gasteiger partial charge in [0.25, 0.3) is 0 Å². The molecule has 0 fully saturated rings. The smallest absolute Gasteiger partial charge is 0.0752 e. The first-order valence-corrected chi connectivity index (χ1v) is 10.6. The third-order valence-electron chi connectivity index (χ3n) is 2.23. The lowest BCUT2D eigenvalue weighted by Gasteiger charge is -2.40. The van der Waals surface area contributed by atoms with E-state index in [1.54, 1.807) is 0 Å². The Morgan fingerprint density at radius 2 is 1.58 bits per heavy atom. The normalized spacial score (nSPS) is 13.5. The molecule has 0 saturated heterocycles. The van der Waals surface area contributed by atoms with Crippen LogP contribution in [0.2, 0.25) is 19.6 Å². The molecule has 0 aromatic heterocycles. The van der Waals surface area contributed by atoms with Crippen molar-refractivity contribution in [2.45, 2.75) is 29.8 Å². The predicted molar refractivity (Wildman–Crippen MR) is 68.4 cm³/mol. The molecule has 12 heavy (non-hydrogen) atoms.